The summed E-state index contributed by atoms with van der Waals surface area (Å²) in [5.41, 5.74) is 1.76. The maximum absolute atomic E-state index is 12.5. The molecule has 1 atom stereocenters. The molecule has 0 amide bonds. The number of ether oxygens (including phenoxy) is 2. The van der Waals surface area contributed by atoms with Gasteiger partial charge in [-0.3, -0.25) is 4.79 Å². The molecule has 4 aromatic rings. The fraction of sp³-hybridized carbons (Fsp3) is 0.423. The van der Waals surface area contributed by atoms with Gasteiger partial charge in [0, 0.05) is 43.1 Å². The number of aromatic nitrogens is 5. The lowest BCUT2D eigenvalue weighted by molar-refractivity contribution is -0.148. The number of hydrogen-bond donors (Lipinski definition) is 1. The molecule has 11 heteroatoms. The Hall–Kier alpha value is -3.66. The van der Waals surface area contributed by atoms with Gasteiger partial charge in [0.15, 0.2) is 17.3 Å². The molecule has 1 aromatic carbocycles. The number of benzene rings is 1. The number of anilines is 2. The third-order valence-corrected chi connectivity index (χ3v) is 7.00. The van der Waals surface area contributed by atoms with E-state index in [1.54, 1.807) is 7.11 Å². The van der Waals surface area contributed by atoms with Crippen LogP contribution in [0.3, 0.4) is 0 Å². The van der Waals surface area contributed by atoms with Gasteiger partial charge in [-0.25, -0.2) is 9.67 Å². The van der Waals surface area contributed by atoms with Gasteiger partial charge in [0.05, 0.1) is 36.2 Å². The predicted molar refractivity (Wildman–Crippen MR) is 143 cm³/mol. The first-order chi connectivity index (χ1) is 18.0. The number of piperidine rings is 1. The first kappa shape index (κ1) is 25.0. The largest absolute Gasteiger partial charge is 0.495 e. The van der Waals surface area contributed by atoms with Gasteiger partial charge in [-0.1, -0.05) is 17.7 Å². The van der Waals surface area contributed by atoms with Gasteiger partial charge in [-0.05, 0) is 44.4 Å². The maximum atomic E-state index is 12.5. The van der Waals surface area contributed by atoms with Crippen LogP contribution in [-0.4, -0.2) is 57.7 Å². The highest BCUT2D eigenvalue weighted by molar-refractivity contribution is 6.32. The summed E-state index contributed by atoms with van der Waals surface area (Å²) in [5.74, 6) is 1.61. The summed E-state index contributed by atoms with van der Waals surface area (Å²) < 4.78 is 12.4. The Morgan fingerprint density at radius 1 is 1.22 bits per heavy atom. The summed E-state index contributed by atoms with van der Waals surface area (Å²) >= 11 is 6.33. The fourth-order valence-corrected chi connectivity index (χ4v) is 5.15. The lowest BCUT2D eigenvalue weighted by atomic mass is 9.98. The van der Waals surface area contributed by atoms with Crippen LogP contribution in [-0.2, 0) is 22.6 Å². The Bertz CT molecular complexity index is 1440. The minimum atomic E-state index is -0.192. The predicted octanol–water partition coefficient (Wildman–Crippen LogP) is 4.45. The van der Waals surface area contributed by atoms with Crippen LogP contribution in [0, 0.1) is 5.92 Å². The van der Waals surface area contributed by atoms with Crippen molar-refractivity contribution in [2.75, 3.05) is 37.0 Å². The molecule has 1 unspecified atom stereocenters. The molecule has 1 fully saturated rings. The molecule has 37 heavy (non-hydrogen) atoms. The summed E-state index contributed by atoms with van der Waals surface area (Å²) in [4.78, 5) is 19.3. The Labute approximate surface area is 219 Å². The third-order valence-electron chi connectivity index (χ3n) is 6.71. The molecular weight excluding hydrogens is 494 g/mol. The van der Waals surface area contributed by atoms with Crippen molar-refractivity contribution in [3.8, 4) is 5.75 Å². The van der Waals surface area contributed by atoms with E-state index in [1.165, 1.54) is 0 Å². The van der Waals surface area contributed by atoms with Crippen LogP contribution in [0.2, 0.25) is 5.02 Å². The van der Waals surface area contributed by atoms with E-state index in [0.717, 1.165) is 46.8 Å². The number of hydrogen-bond acceptors (Lipinski definition) is 9. The van der Waals surface area contributed by atoms with Crippen molar-refractivity contribution in [1.82, 2.24) is 25.0 Å². The number of pyridine rings is 1. The Balaban J connectivity index is 1.54. The topological polar surface area (TPSA) is 107 Å². The molecule has 194 valence electrons. The zero-order chi connectivity index (χ0) is 25.9. The SMILES string of the molecule is CCOC(=O)C1CCCN(c2nnc(NCc3ccc(OC)c(Cl)c3)c3c2cnc2c3cnn2CC)C1. The number of rotatable bonds is 8. The highest BCUT2D eigenvalue weighted by Crippen LogP contribution is 2.35. The van der Waals surface area contributed by atoms with Crippen molar-refractivity contribution in [2.45, 2.75) is 39.8 Å². The van der Waals surface area contributed by atoms with E-state index in [-0.39, 0.29) is 11.9 Å². The number of halogens is 1. The number of fused-ring (bicyclic) bond motifs is 3. The first-order valence-electron chi connectivity index (χ1n) is 12.5. The van der Waals surface area contributed by atoms with E-state index >= 15 is 0 Å². The van der Waals surface area contributed by atoms with E-state index < -0.39 is 0 Å². The van der Waals surface area contributed by atoms with Gasteiger partial charge in [0.2, 0.25) is 0 Å². The van der Waals surface area contributed by atoms with Crippen LogP contribution in [0.1, 0.15) is 32.3 Å². The number of carbonyl (C=O) groups excluding carboxylic acids is 1. The smallest absolute Gasteiger partial charge is 0.310 e. The average molecular weight is 524 g/mol. The Kier molecular flexibility index (Phi) is 7.27. The van der Waals surface area contributed by atoms with Crippen molar-refractivity contribution in [3.63, 3.8) is 0 Å². The van der Waals surface area contributed by atoms with Gasteiger partial charge >= 0.3 is 5.97 Å². The minimum absolute atomic E-state index is 0.161. The summed E-state index contributed by atoms with van der Waals surface area (Å²) in [5, 5.41) is 20.4. The molecule has 1 aliphatic rings. The molecule has 5 rings (SSSR count). The fourth-order valence-electron chi connectivity index (χ4n) is 4.87. The number of esters is 1. The quantitative estimate of drug-likeness (QED) is 0.335. The molecule has 10 nitrogen and oxygen atoms in total. The number of aryl methyl sites for hydroxylation is 1. The molecule has 0 bridgehead atoms. The van der Waals surface area contributed by atoms with Crippen LogP contribution in [0.15, 0.2) is 30.6 Å². The van der Waals surface area contributed by atoms with Crippen molar-refractivity contribution < 1.29 is 14.3 Å². The summed E-state index contributed by atoms with van der Waals surface area (Å²) in [6, 6.07) is 5.67. The molecule has 0 spiro atoms. The van der Waals surface area contributed by atoms with Crippen molar-refractivity contribution in [3.05, 3.63) is 41.2 Å². The Morgan fingerprint density at radius 3 is 2.84 bits per heavy atom. The number of carbonyl (C=O) groups is 1. The van der Waals surface area contributed by atoms with Crippen molar-refractivity contribution >= 4 is 51.0 Å². The normalized spacial score (nSPS) is 15.8. The van der Waals surface area contributed by atoms with Gasteiger partial charge in [0.25, 0.3) is 0 Å². The van der Waals surface area contributed by atoms with Gasteiger partial charge in [-0.15, -0.1) is 10.2 Å². The second kappa shape index (κ2) is 10.8. The average Bonchev–Trinajstić information content (AvgIpc) is 3.35. The van der Waals surface area contributed by atoms with E-state index in [1.807, 2.05) is 49.1 Å². The molecule has 4 heterocycles. The highest BCUT2D eigenvalue weighted by atomic mass is 35.5. The van der Waals surface area contributed by atoms with Crippen LogP contribution in [0.5, 0.6) is 5.75 Å². The number of nitrogens with one attached hydrogen (secondary N) is 1. The second-order valence-electron chi connectivity index (χ2n) is 8.98. The maximum Gasteiger partial charge on any atom is 0.310 e. The molecule has 1 saturated heterocycles. The standard InChI is InChI=1S/C26H30ClN7O3/c1-4-34-24-19(14-30-34)22-18(13-29-24)25(33-10-6-7-17(15-33)26(35)37-5-2)32-31-23(22)28-12-16-8-9-21(36-3)20(27)11-16/h8-9,11,13-14,17H,4-7,10,12,15H2,1-3H3,(H,28,31). The van der Waals surface area contributed by atoms with E-state index in [0.29, 0.717) is 48.6 Å². The lowest BCUT2D eigenvalue weighted by Gasteiger charge is -2.32. The minimum Gasteiger partial charge on any atom is -0.495 e. The molecule has 3 aromatic heterocycles. The summed E-state index contributed by atoms with van der Waals surface area (Å²) in [6.07, 6.45) is 5.33. The summed E-state index contributed by atoms with van der Waals surface area (Å²) in [7, 11) is 1.59. The van der Waals surface area contributed by atoms with E-state index in [9.17, 15) is 4.79 Å². The number of nitrogens with zero attached hydrogens (tertiary/aromatic N) is 6. The molecule has 0 saturated carbocycles. The van der Waals surface area contributed by atoms with Crippen LogP contribution in [0.4, 0.5) is 11.6 Å². The van der Waals surface area contributed by atoms with E-state index in [4.69, 9.17) is 26.1 Å². The van der Waals surface area contributed by atoms with Crippen molar-refractivity contribution in [2.24, 2.45) is 5.92 Å². The third kappa shape index (κ3) is 4.85. The van der Waals surface area contributed by atoms with Gasteiger partial charge in [-0.2, -0.15) is 5.10 Å². The highest BCUT2D eigenvalue weighted by Gasteiger charge is 2.29. The Morgan fingerprint density at radius 2 is 2.08 bits per heavy atom. The summed E-state index contributed by atoms with van der Waals surface area (Å²) in [6.45, 7) is 6.75. The molecule has 0 aliphatic carbocycles. The van der Waals surface area contributed by atoms with Gasteiger partial charge < -0.3 is 19.7 Å². The van der Waals surface area contributed by atoms with E-state index in [2.05, 4.69) is 25.5 Å². The molecule has 0 radical (unpaired) electrons. The number of methoxy groups -OCH3 is 1. The first-order valence-corrected chi connectivity index (χ1v) is 12.9. The monoisotopic (exact) mass is 523 g/mol. The molecule has 1 N–H and O–H groups in total. The zero-order valence-electron chi connectivity index (χ0n) is 21.2. The molecular formula is C26H30ClN7O3. The van der Waals surface area contributed by atoms with Crippen LogP contribution >= 0.6 is 11.6 Å². The zero-order valence-corrected chi connectivity index (χ0v) is 22.0. The second-order valence-corrected chi connectivity index (χ2v) is 9.38. The lowest BCUT2D eigenvalue weighted by Crippen LogP contribution is -2.40. The molecule has 1 aliphatic heterocycles. The van der Waals surface area contributed by atoms with Gasteiger partial charge in [0.1, 0.15) is 5.75 Å². The van der Waals surface area contributed by atoms with Crippen LogP contribution in [0.25, 0.3) is 21.8 Å². The van der Waals surface area contributed by atoms with Crippen LogP contribution < -0.4 is 15.0 Å². The van der Waals surface area contributed by atoms with Crippen molar-refractivity contribution in [1.29, 1.82) is 0 Å².